The van der Waals surface area contributed by atoms with Crippen LogP contribution in [-0.2, 0) is 22.4 Å². The molecule has 2 N–H and O–H groups in total. The third-order valence-electron chi connectivity index (χ3n) is 3.89. The maximum absolute atomic E-state index is 12.1. The fraction of sp³-hybridized carbons (Fsp3) is 0.692. The van der Waals surface area contributed by atoms with Crippen molar-refractivity contribution >= 4 is 5.91 Å². The number of hydrogen-bond acceptors (Lipinski definition) is 3. The third-order valence-corrected chi connectivity index (χ3v) is 3.89. The van der Waals surface area contributed by atoms with Crippen LogP contribution in [0.25, 0.3) is 0 Å². The van der Waals surface area contributed by atoms with E-state index in [0.29, 0.717) is 6.54 Å². The van der Waals surface area contributed by atoms with Gasteiger partial charge in [0.25, 0.3) is 0 Å². The minimum atomic E-state index is 0.0827. The summed E-state index contributed by atoms with van der Waals surface area (Å²) < 4.78 is 5.50. The number of ether oxygens (including phenoxy) is 1. The normalized spacial score (nSPS) is 26.9. The number of aromatic amines is 1. The number of imidazole rings is 1. The summed E-state index contributed by atoms with van der Waals surface area (Å²) >= 11 is 0. The van der Waals surface area contributed by atoms with E-state index in [1.807, 2.05) is 0 Å². The van der Waals surface area contributed by atoms with Crippen molar-refractivity contribution in [3.8, 4) is 0 Å². The first-order chi connectivity index (χ1) is 8.83. The fourth-order valence-electron chi connectivity index (χ4n) is 2.79. The number of hydrogen-bond donors (Lipinski definition) is 2. The standard InChI is InChI=1S/C13H19N3O2/c17-13(14-7-10-2-1-5-18-10)9-3-4-11-12(6-9)16-8-15-11/h8-10H,1-7H2,(H,14,17)(H,15,16). The average molecular weight is 249 g/mol. The van der Waals surface area contributed by atoms with Crippen LogP contribution in [0.4, 0.5) is 0 Å². The van der Waals surface area contributed by atoms with Gasteiger partial charge in [-0.25, -0.2) is 4.98 Å². The molecule has 2 aliphatic rings. The van der Waals surface area contributed by atoms with Crippen molar-refractivity contribution in [2.24, 2.45) is 5.92 Å². The molecule has 2 unspecified atom stereocenters. The van der Waals surface area contributed by atoms with Gasteiger partial charge in [0.1, 0.15) is 0 Å². The maximum Gasteiger partial charge on any atom is 0.223 e. The quantitative estimate of drug-likeness (QED) is 0.833. The number of aromatic nitrogens is 2. The molecule has 1 aliphatic heterocycles. The zero-order chi connectivity index (χ0) is 12.4. The molecule has 5 nitrogen and oxygen atoms in total. The van der Waals surface area contributed by atoms with E-state index in [4.69, 9.17) is 4.74 Å². The van der Waals surface area contributed by atoms with Crippen molar-refractivity contribution in [2.45, 2.75) is 38.2 Å². The Morgan fingerprint density at radius 3 is 3.33 bits per heavy atom. The van der Waals surface area contributed by atoms with Crippen LogP contribution in [0.2, 0.25) is 0 Å². The lowest BCUT2D eigenvalue weighted by Gasteiger charge is -2.21. The molecule has 0 aromatic carbocycles. The van der Waals surface area contributed by atoms with E-state index >= 15 is 0 Å². The molecule has 18 heavy (non-hydrogen) atoms. The van der Waals surface area contributed by atoms with Crippen molar-refractivity contribution in [3.63, 3.8) is 0 Å². The minimum Gasteiger partial charge on any atom is -0.376 e. The van der Waals surface area contributed by atoms with Crippen LogP contribution >= 0.6 is 0 Å². The number of aryl methyl sites for hydroxylation is 1. The van der Waals surface area contributed by atoms with Gasteiger partial charge in [0.15, 0.2) is 0 Å². The van der Waals surface area contributed by atoms with Gasteiger partial charge >= 0.3 is 0 Å². The molecule has 1 aliphatic carbocycles. The molecule has 5 heteroatoms. The van der Waals surface area contributed by atoms with E-state index in [1.165, 1.54) is 0 Å². The molecule has 2 atom stereocenters. The van der Waals surface area contributed by atoms with Crippen molar-refractivity contribution in [3.05, 3.63) is 17.7 Å². The van der Waals surface area contributed by atoms with E-state index in [9.17, 15) is 4.79 Å². The maximum atomic E-state index is 12.1. The molecular weight excluding hydrogens is 230 g/mol. The average Bonchev–Trinajstić information content (AvgIpc) is 3.05. The molecule has 1 amide bonds. The zero-order valence-corrected chi connectivity index (χ0v) is 10.4. The molecule has 1 saturated heterocycles. The summed E-state index contributed by atoms with van der Waals surface area (Å²) in [6, 6.07) is 0. The molecule has 1 aromatic heterocycles. The largest absolute Gasteiger partial charge is 0.376 e. The van der Waals surface area contributed by atoms with E-state index in [2.05, 4.69) is 15.3 Å². The number of nitrogens with zero attached hydrogens (tertiary/aromatic N) is 1. The van der Waals surface area contributed by atoms with Gasteiger partial charge in [-0.3, -0.25) is 4.79 Å². The first-order valence-electron chi connectivity index (χ1n) is 6.73. The van der Waals surface area contributed by atoms with Gasteiger partial charge in [0.05, 0.1) is 18.1 Å². The first-order valence-corrected chi connectivity index (χ1v) is 6.73. The summed E-state index contributed by atoms with van der Waals surface area (Å²) in [6.45, 7) is 1.49. The van der Waals surface area contributed by atoms with Crippen molar-refractivity contribution in [1.82, 2.24) is 15.3 Å². The highest BCUT2D eigenvalue weighted by Crippen LogP contribution is 2.23. The SMILES string of the molecule is O=C(NCC1CCCO1)C1CCc2nc[nH]c2C1. The Hall–Kier alpha value is -1.36. The summed E-state index contributed by atoms with van der Waals surface area (Å²) in [7, 11) is 0. The summed E-state index contributed by atoms with van der Waals surface area (Å²) in [5.41, 5.74) is 2.25. The molecule has 0 spiro atoms. The van der Waals surface area contributed by atoms with Crippen molar-refractivity contribution in [2.75, 3.05) is 13.2 Å². The predicted octanol–water partition coefficient (Wildman–Crippen LogP) is 0.810. The minimum absolute atomic E-state index is 0.0827. The monoisotopic (exact) mass is 249 g/mol. The molecular formula is C13H19N3O2. The van der Waals surface area contributed by atoms with Crippen LogP contribution in [0, 0.1) is 5.92 Å². The first kappa shape index (κ1) is 11.7. The van der Waals surface area contributed by atoms with Crippen LogP contribution in [0.3, 0.4) is 0 Å². The van der Waals surface area contributed by atoms with Gasteiger partial charge in [-0.15, -0.1) is 0 Å². The smallest absolute Gasteiger partial charge is 0.223 e. The fourth-order valence-corrected chi connectivity index (χ4v) is 2.79. The zero-order valence-electron chi connectivity index (χ0n) is 10.4. The van der Waals surface area contributed by atoms with Gasteiger partial charge in [-0.1, -0.05) is 0 Å². The molecule has 0 radical (unpaired) electrons. The molecule has 1 aromatic rings. The Balaban J connectivity index is 1.51. The topological polar surface area (TPSA) is 67.0 Å². The Bertz CT molecular complexity index is 424. The van der Waals surface area contributed by atoms with Crippen LogP contribution in [-0.4, -0.2) is 35.1 Å². The van der Waals surface area contributed by atoms with Crippen LogP contribution in [0.15, 0.2) is 6.33 Å². The van der Waals surface area contributed by atoms with E-state index in [1.54, 1.807) is 6.33 Å². The van der Waals surface area contributed by atoms with Crippen molar-refractivity contribution < 1.29 is 9.53 Å². The molecule has 98 valence electrons. The predicted molar refractivity (Wildman–Crippen MR) is 66.1 cm³/mol. The number of rotatable bonds is 3. The molecule has 0 saturated carbocycles. The van der Waals surface area contributed by atoms with E-state index in [0.717, 1.165) is 50.1 Å². The van der Waals surface area contributed by atoms with Gasteiger partial charge in [0.2, 0.25) is 5.91 Å². The lowest BCUT2D eigenvalue weighted by atomic mass is 9.89. The summed E-state index contributed by atoms with van der Waals surface area (Å²) in [5.74, 6) is 0.241. The second kappa shape index (κ2) is 5.10. The number of carbonyl (C=O) groups excluding carboxylic acids is 1. The third kappa shape index (κ3) is 2.41. The van der Waals surface area contributed by atoms with Gasteiger partial charge in [-0.2, -0.15) is 0 Å². The Labute approximate surface area is 106 Å². The summed E-state index contributed by atoms with van der Waals surface area (Å²) in [4.78, 5) is 19.5. The highest BCUT2D eigenvalue weighted by Gasteiger charge is 2.26. The highest BCUT2D eigenvalue weighted by molar-refractivity contribution is 5.79. The van der Waals surface area contributed by atoms with Gasteiger partial charge in [-0.05, 0) is 25.7 Å². The highest BCUT2D eigenvalue weighted by atomic mass is 16.5. The Morgan fingerprint density at radius 1 is 1.56 bits per heavy atom. The van der Waals surface area contributed by atoms with Crippen LogP contribution in [0.5, 0.6) is 0 Å². The molecule has 2 heterocycles. The lowest BCUT2D eigenvalue weighted by molar-refractivity contribution is -0.125. The Kier molecular flexibility index (Phi) is 3.32. The summed E-state index contributed by atoms with van der Waals surface area (Å²) in [5, 5.41) is 3.02. The molecule has 0 bridgehead atoms. The van der Waals surface area contributed by atoms with Gasteiger partial charge < -0.3 is 15.0 Å². The van der Waals surface area contributed by atoms with Crippen molar-refractivity contribution in [1.29, 1.82) is 0 Å². The Morgan fingerprint density at radius 2 is 2.50 bits per heavy atom. The van der Waals surface area contributed by atoms with Crippen LogP contribution in [0.1, 0.15) is 30.7 Å². The second-order valence-corrected chi connectivity index (χ2v) is 5.15. The number of H-pyrrole nitrogens is 1. The second-order valence-electron chi connectivity index (χ2n) is 5.15. The number of nitrogens with one attached hydrogen (secondary N) is 2. The number of carbonyl (C=O) groups is 1. The van der Waals surface area contributed by atoms with Crippen LogP contribution < -0.4 is 5.32 Å². The summed E-state index contributed by atoms with van der Waals surface area (Å²) in [6.07, 6.45) is 6.70. The molecule has 1 fully saturated rings. The number of fused-ring (bicyclic) bond motifs is 1. The molecule has 3 rings (SSSR count). The number of amides is 1. The van der Waals surface area contributed by atoms with Gasteiger partial charge in [0, 0.05) is 31.2 Å². The van der Waals surface area contributed by atoms with E-state index < -0.39 is 0 Å². The van der Waals surface area contributed by atoms with E-state index in [-0.39, 0.29) is 17.9 Å². The lowest BCUT2D eigenvalue weighted by Crippen LogP contribution is -2.38.